The minimum Gasteiger partial charge on any atom is -0.334 e. The van der Waals surface area contributed by atoms with Crippen molar-refractivity contribution < 1.29 is 4.79 Å². The number of hydrogen-bond donors (Lipinski definition) is 1. The Hall–Kier alpha value is -1.42. The van der Waals surface area contributed by atoms with E-state index in [1.54, 1.807) is 6.20 Å². The van der Waals surface area contributed by atoms with Gasteiger partial charge in [0.05, 0.1) is 12.2 Å². The van der Waals surface area contributed by atoms with E-state index in [9.17, 15) is 4.79 Å². The molecule has 0 aliphatic heterocycles. The van der Waals surface area contributed by atoms with E-state index in [1.807, 2.05) is 18.2 Å². The summed E-state index contributed by atoms with van der Waals surface area (Å²) >= 11 is 0. The highest BCUT2D eigenvalue weighted by Crippen LogP contribution is 2.34. The molecule has 2 saturated carbocycles. The van der Waals surface area contributed by atoms with Gasteiger partial charge in [0.25, 0.3) is 0 Å². The van der Waals surface area contributed by atoms with E-state index in [4.69, 9.17) is 5.73 Å². The lowest BCUT2D eigenvalue weighted by molar-refractivity contribution is -0.138. The molecule has 4 nitrogen and oxygen atoms in total. The molecule has 1 aromatic heterocycles. The fourth-order valence-corrected chi connectivity index (χ4v) is 3.32. The molecular formula is C17H25N3O. The molecule has 0 atom stereocenters. The van der Waals surface area contributed by atoms with Gasteiger partial charge in [-0.2, -0.15) is 0 Å². The number of pyridine rings is 1. The van der Waals surface area contributed by atoms with Crippen molar-refractivity contribution in [2.45, 2.75) is 51.1 Å². The molecule has 0 bridgehead atoms. The first-order chi connectivity index (χ1) is 10.3. The number of amides is 1. The van der Waals surface area contributed by atoms with Crippen LogP contribution < -0.4 is 5.73 Å². The molecule has 3 rings (SSSR count). The second kappa shape index (κ2) is 6.56. The summed E-state index contributed by atoms with van der Waals surface area (Å²) in [6.07, 6.45) is 8.33. The molecule has 2 aliphatic carbocycles. The van der Waals surface area contributed by atoms with Gasteiger partial charge in [0.1, 0.15) is 0 Å². The Morgan fingerprint density at radius 1 is 1.19 bits per heavy atom. The summed E-state index contributed by atoms with van der Waals surface area (Å²) in [5.74, 6) is 1.18. The number of nitrogens with two attached hydrogens (primary N) is 1. The lowest BCUT2D eigenvalue weighted by Gasteiger charge is -2.31. The Morgan fingerprint density at radius 3 is 2.52 bits per heavy atom. The van der Waals surface area contributed by atoms with Crippen LogP contribution in [0.5, 0.6) is 0 Å². The predicted molar refractivity (Wildman–Crippen MR) is 82.3 cm³/mol. The largest absolute Gasteiger partial charge is 0.334 e. The Morgan fingerprint density at radius 2 is 1.95 bits per heavy atom. The van der Waals surface area contributed by atoms with Gasteiger partial charge < -0.3 is 10.6 Å². The summed E-state index contributed by atoms with van der Waals surface area (Å²) in [4.78, 5) is 19.3. The molecule has 0 spiro atoms. The maximum atomic E-state index is 12.8. The molecule has 0 unspecified atom stereocenters. The molecule has 0 saturated heterocycles. The van der Waals surface area contributed by atoms with Gasteiger partial charge in [0.2, 0.25) is 5.91 Å². The fourth-order valence-electron chi connectivity index (χ4n) is 3.32. The van der Waals surface area contributed by atoms with Gasteiger partial charge >= 0.3 is 0 Å². The van der Waals surface area contributed by atoms with E-state index in [2.05, 4.69) is 9.88 Å². The van der Waals surface area contributed by atoms with Crippen LogP contribution in [0, 0.1) is 11.8 Å². The first kappa shape index (κ1) is 14.5. The third-order valence-electron chi connectivity index (χ3n) is 4.86. The molecule has 0 aromatic carbocycles. The molecule has 4 heteroatoms. The van der Waals surface area contributed by atoms with Gasteiger partial charge in [0.15, 0.2) is 0 Å². The first-order valence-electron chi connectivity index (χ1n) is 8.18. The number of rotatable bonds is 5. The molecule has 2 fully saturated rings. The molecule has 1 amide bonds. The Kier molecular flexibility index (Phi) is 4.54. The van der Waals surface area contributed by atoms with Crippen molar-refractivity contribution in [3.8, 4) is 0 Å². The predicted octanol–water partition coefficient (Wildman–Crippen LogP) is 2.34. The third kappa shape index (κ3) is 3.62. The third-order valence-corrected chi connectivity index (χ3v) is 4.86. The summed E-state index contributed by atoms with van der Waals surface area (Å²) in [6, 6.07) is 6.37. The van der Waals surface area contributed by atoms with E-state index >= 15 is 0 Å². The topological polar surface area (TPSA) is 59.2 Å². The van der Waals surface area contributed by atoms with Crippen LogP contribution in [0.15, 0.2) is 24.4 Å². The Labute approximate surface area is 126 Å². The van der Waals surface area contributed by atoms with Crippen LogP contribution in [0.4, 0.5) is 0 Å². The number of nitrogens with zero attached hydrogens (tertiary/aromatic N) is 2. The highest BCUT2D eigenvalue weighted by atomic mass is 16.2. The Bertz CT molecular complexity index is 464. The van der Waals surface area contributed by atoms with E-state index in [-0.39, 0.29) is 5.92 Å². The molecule has 114 valence electrons. The zero-order chi connectivity index (χ0) is 14.7. The summed E-state index contributed by atoms with van der Waals surface area (Å²) in [6.45, 7) is 1.43. The minimum atomic E-state index is 0.206. The highest BCUT2D eigenvalue weighted by molar-refractivity contribution is 5.79. The van der Waals surface area contributed by atoms with E-state index in [1.165, 1.54) is 0 Å². The van der Waals surface area contributed by atoms with Gasteiger partial charge in [-0.15, -0.1) is 0 Å². The van der Waals surface area contributed by atoms with Crippen LogP contribution in [0.25, 0.3) is 0 Å². The van der Waals surface area contributed by atoms with Crippen molar-refractivity contribution in [3.05, 3.63) is 30.1 Å². The van der Waals surface area contributed by atoms with Crippen LogP contribution in [-0.4, -0.2) is 28.4 Å². The zero-order valence-electron chi connectivity index (χ0n) is 12.6. The van der Waals surface area contributed by atoms with E-state index in [0.717, 1.165) is 50.8 Å². The van der Waals surface area contributed by atoms with Crippen molar-refractivity contribution in [2.24, 2.45) is 17.6 Å². The van der Waals surface area contributed by atoms with Gasteiger partial charge in [0, 0.05) is 18.2 Å². The van der Waals surface area contributed by atoms with Crippen molar-refractivity contribution in [1.29, 1.82) is 0 Å². The monoisotopic (exact) mass is 287 g/mol. The van der Waals surface area contributed by atoms with Crippen LogP contribution in [0.1, 0.15) is 44.2 Å². The van der Waals surface area contributed by atoms with Gasteiger partial charge in [-0.25, -0.2) is 0 Å². The molecule has 2 N–H and O–H groups in total. The quantitative estimate of drug-likeness (QED) is 0.904. The highest BCUT2D eigenvalue weighted by Gasteiger charge is 2.37. The maximum Gasteiger partial charge on any atom is 0.226 e. The first-order valence-corrected chi connectivity index (χ1v) is 8.18. The zero-order valence-corrected chi connectivity index (χ0v) is 12.6. The molecule has 21 heavy (non-hydrogen) atoms. The lowest BCUT2D eigenvalue weighted by atomic mass is 9.81. The normalized spacial score (nSPS) is 25.6. The maximum absolute atomic E-state index is 12.8. The second-order valence-corrected chi connectivity index (χ2v) is 6.47. The van der Waals surface area contributed by atoms with Crippen LogP contribution in [-0.2, 0) is 11.3 Å². The SMILES string of the molecule is NCC1CCC(C(=O)N(Cc2ccccn2)C2CC2)CC1. The minimum absolute atomic E-state index is 0.206. The number of aromatic nitrogens is 1. The lowest BCUT2D eigenvalue weighted by Crippen LogP contribution is -2.39. The average molecular weight is 287 g/mol. The summed E-state index contributed by atoms with van der Waals surface area (Å²) < 4.78 is 0. The molecule has 1 heterocycles. The average Bonchev–Trinajstić information content (AvgIpc) is 3.38. The van der Waals surface area contributed by atoms with Gasteiger partial charge in [-0.05, 0) is 63.1 Å². The van der Waals surface area contributed by atoms with Crippen LogP contribution >= 0.6 is 0 Å². The van der Waals surface area contributed by atoms with Crippen molar-refractivity contribution in [1.82, 2.24) is 9.88 Å². The van der Waals surface area contributed by atoms with Crippen molar-refractivity contribution in [3.63, 3.8) is 0 Å². The molecular weight excluding hydrogens is 262 g/mol. The molecule has 0 radical (unpaired) electrons. The summed E-state index contributed by atoms with van der Waals surface area (Å²) in [5, 5.41) is 0. The van der Waals surface area contributed by atoms with Crippen LogP contribution in [0.3, 0.4) is 0 Å². The number of carbonyl (C=O) groups excluding carboxylic acids is 1. The van der Waals surface area contributed by atoms with Gasteiger partial charge in [-0.1, -0.05) is 6.07 Å². The van der Waals surface area contributed by atoms with E-state index < -0.39 is 0 Å². The number of carbonyl (C=O) groups is 1. The smallest absolute Gasteiger partial charge is 0.226 e. The standard InChI is InChI=1S/C17H25N3O/c18-11-13-4-6-14(7-5-13)17(21)20(16-8-9-16)12-15-3-1-2-10-19-15/h1-3,10,13-14,16H,4-9,11-12,18H2. The van der Waals surface area contributed by atoms with Gasteiger partial charge in [-0.3, -0.25) is 9.78 Å². The Balaban J connectivity index is 1.63. The van der Waals surface area contributed by atoms with Crippen molar-refractivity contribution in [2.75, 3.05) is 6.54 Å². The molecule has 2 aliphatic rings. The summed E-state index contributed by atoms with van der Waals surface area (Å²) in [7, 11) is 0. The number of hydrogen-bond acceptors (Lipinski definition) is 3. The fraction of sp³-hybridized carbons (Fsp3) is 0.647. The second-order valence-electron chi connectivity index (χ2n) is 6.47. The summed E-state index contributed by atoms with van der Waals surface area (Å²) in [5.41, 5.74) is 6.74. The molecule has 1 aromatic rings. The van der Waals surface area contributed by atoms with Crippen LogP contribution in [0.2, 0.25) is 0 Å². The van der Waals surface area contributed by atoms with Crippen molar-refractivity contribution >= 4 is 5.91 Å². The van der Waals surface area contributed by atoms with E-state index in [0.29, 0.717) is 24.4 Å².